The second-order valence-electron chi connectivity index (χ2n) is 6.63. The highest BCUT2D eigenvalue weighted by molar-refractivity contribution is 9.10. The van der Waals surface area contributed by atoms with Gasteiger partial charge >= 0.3 is 0 Å². The molecule has 1 aliphatic heterocycles. The van der Waals surface area contributed by atoms with Crippen LogP contribution in [0.15, 0.2) is 28.7 Å². The van der Waals surface area contributed by atoms with Crippen LogP contribution in [0, 0.1) is 5.92 Å². The summed E-state index contributed by atoms with van der Waals surface area (Å²) in [6.07, 6.45) is 4.03. The molecular formula is C17H25BrN2. The first-order valence-corrected chi connectivity index (χ1v) is 8.64. The lowest BCUT2D eigenvalue weighted by Gasteiger charge is -2.48. The van der Waals surface area contributed by atoms with Crippen LogP contribution in [0.1, 0.15) is 38.7 Å². The number of halogens is 1. The average Bonchev–Trinajstić information content (AvgIpc) is 3.26. The Balaban J connectivity index is 1.78. The molecule has 2 aliphatic rings. The van der Waals surface area contributed by atoms with Crippen LogP contribution in [-0.4, -0.2) is 29.6 Å². The van der Waals surface area contributed by atoms with Crippen molar-refractivity contribution >= 4 is 15.9 Å². The third kappa shape index (κ3) is 2.95. The van der Waals surface area contributed by atoms with Gasteiger partial charge in [0.1, 0.15) is 0 Å². The molecule has 2 unspecified atom stereocenters. The van der Waals surface area contributed by atoms with E-state index in [1.165, 1.54) is 35.8 Å². The molecule has 3 rings (SSSR count). The number of hydrogen-bond acceptors (Lipinski definition) is 2. The minimum absolute atomic E-state index is 0.341. The van der Waals surface area contributed by atoms with Crippen molar-refractivity contribution in [2.75, 3.05) is 13.1 Å². The molecule has 1 aromatic carbocycles. The summed E-state index contributed by atoms with van der Waals surface area (Å²) in [4.78, 5) is 2.73. The highest BCUT2D eigenvalue weighted by Gasteiger charge is 2.47. The van der Waals surface area contributed by atoms with Gasteiger partial charge in [0.25, 0.3) is 0 Å². The highest BCUT2D eigenvalue weighted by Crippen LogP contribution is 2.44. The van der Waals surface area contributed by atoms with Crippen LogP contribution in [0.5, 0.6) is 0 Å². The Bertz CT molecular complexity index is 472. The fourth-order valence-electron chi connectivity index (χ4n) is 3.48. The van der Waals surface area contributed by atoms with E-state index in [1.54, 1.807) is 0 Å². The van der Waals surface area contributed by atoms with Gasteiger partial charge in [-0.05, 0) is 49.8 Å². The quantitative estimate of drug-likeness (QED) is 0.899. The van der Waals surface area contributed by atoms with Crippen molar-refractivity contribution in [2.24, 2.45) is 5.92 Å². The van der Waals surface area contributed by atoms with E-state index < -0.39 is 0 Å². The number of piperazine rings is 1. The molecule has 0 bridgehead atoms. The molecule has 0 amide bonds. The van der Waals surface area contributed by atoms with Crippen molar-refractivity contribution in [1.82, 2.24) is 10.2 Å². The fourth-order valence-corrected chi connectivity index (χ4v) is 3.93. The Morgan fingerprint density at radius 2 is 2.20 bits per heavy atom. The number of hydrogen-bond donors (Lipinski definition) is 1. The summed E-state index contributed by atoms with van der Waals surface area (Å²) in [5.74, 6) is 0.889. The first-order valence-electron chi connectivity index (χ1n) is 7.84. The summed E-state index contributed by atoms with van der Waals surface area (Å²) in [6, 6.07) is 9.41. The maximum Gasteiger partial charge on any atom is 0.0338 e. The molecular weight excluding hydrogens is 312 g/mol. The lowest BCUT2D eigenvalue weighted by Crippen LogP contribution is -2.63. The van der Waals surface area contributed by atoms with Crippen molar-refractivity contribution in [3.63, 3.8) is 0 Å². The van der Waals surface area contributed by atoms with E-state index in [4.69, 9.17) is 0 Å². The van der Waals surface area contributed by atoms with Crippen LogP contribution in [0.2, 0.25) is 0 Å². The molecule has 0 spiro atoms. The highest BCUT2D eigenvalue weighted by atomic mass is 79.9. The normalized spacial score (nSPS) is 31.4. The van der Waals surface area contributed by atoms with Gasteiger partial charge in [0.05, 0.1) is 0 Å². The second kappa shape index (κ2) is 5.78. The van der Waals surface area contributed by atoms with Crippen LogP contribution in [-0.2, 0) is 6.54 Å². The molecule has 0 radical (unpaired) electrons. The Hall–Kier alpha value is -0.380. The summed E-state index contributed by atoms with van der Waals surface area (Å²) in [6.45, 7) is 8.14. The molecule has 3 heteroatoms. The van der Waals surface area contributed by atoms with Crippen LogP contribution < -0.4 is 5.32 Å². The maximum atomic E-state index is 3.76. The zero-order valence-electron chi connectivity index (χ0n) is 12.5. The molecule has 1 saturated carbocycles. The van der Waals surface area contributed by atoms with Crippen molar-refractivity contribution in [1.29, 1.82) is 0 Å². The maximum absolute atomic E-state index is 3.76. The average molecular weight is 337 g/mol. The molecule has 1 aromatic rings. The van der Waals surface area contributed by atoms with Crippen LogP contribution >= 0.6 is 15.9 Å². The van der Waals surface area contributed by atoms with Gasteiger partial charge in [-0.25, -0.2) is 0 Å². The topological polar surface area (TPSA) is 15.3 Å². The fraction of sp³-hybridized carbons (Fsp3) is 0.647. The van der Waals surface area contributed by atoms with E-state index in [2.05, 4.69) is 64.3 Å². The van der Waals surface area contributed by atoms with E-state index in [0.29, 0.717) is 11.6 Å². The zero-order valence-corrected chi connectivity index (χ0v) is 14.1. The minimum atomic E-state index is 0.341. The van der Waals surface area contributed by atoms with Crippen LogP contribution in [0.4, 0.5) is 0 Å². The smallest absolute Gasteiger partial charge is 0.0338 e. The molecule has 1 heterocycles. The number of nitrogens with one attached hydrogen (secondary N) is 1. The van der Waals surface area contributed by atoms with Gasteiger partial charge < -0.3 is 5.32 Å². The van der Waals surface area contributed by atoms with Gasteiger partial charge in [-0.15, -0.1) is 0 Å². The van der Waals surface area contributed by atoms with Gasteiger partial charge in [-0.3, -0.25) is 4.90 Å². The molecule has 2 atom stereocenters. The van der Waals surface area contributed by atoms with Gasteiger partial charge in [0.15, 0.2) is 0 Å². The molecule has 20 heavy (non-hydrogen) atoms. The third-order valence-electron chi connectivity index (χ3n) is 5.12. The van der Waals surface area contributed by atoms with Crippen molar-refractivity contribution in [2.45, 2.75) is 51.2 Å². The second-order valence-corrected chi connectivity index (χ2v) is 7.54. The van der Waals surface area contributed by atoms with E-state index in [-0.39, 0.29) is 0 Å². The van der Waals surface area contributed by atoms with E-state index in [1.807, 2.05) is 0 Å². The summed E-state index contributed by atoms with van der Waals surface area (Å²) >= 11 is 3.59. The molecule has 1 saturated heterocycles. The van der Waals surface area contributed by atoms with Gasteiger partial charge in [-0.1, -0.05) is 35.0 Å². The number of nitrogens with zero attached hydrogens (tertiary/aromatic N) is 1. The van der Waals surface area contributed by atoms with Gasteiger partial charge in [-0.2, -0.15) is 0 Å². The number of rotatable bonds is 4. The third-order valence-corrected chi connectivity index (χ3v) is 5.62. The minimum Gasteiger partial charge on any atom is -0.311 e. The Labute approximate surface area is 131 Å². The molecule has 1 aliphatic carbocycles. The largest absolute Gasteiger partial charge is 0.311 e. The summed E-state index contributed by atoms with van der Waals surface area (Å²) in [5.41, 5.74) is 1.76. The lowest BCUT2D eigenvalue weighted by molar-refractivity contribution is 0.0270. The summed E-state index contributed by atoms with van der Waals surface area (Å²) in [5, 5.41) is 3.76. The van der Waals surface area contributed by atoms with Crippen molar-refractivity contribution in [3.05, 3.63) is 34.3 Å². The van der Waals surface area contributed by atoms with E-state index in [9.17, 15) is 0 Å². The molecule has 2 fully saturated rings. The summed E-state index contributed by atoms with van der Waals surface area (Å²) in [7, 11) is 0. The summed E-state index contributed by atoms with van der Waals surface area (Å²) < 4.78 is 1.19. The molecule has 110 valence electrons. The van der Waals surface area contributed by atoms with E-state index in [0.717, 1.165) is 19.0 Å². The lowest BCUT2D eigenvalue weighted by atomic mass is 9.88. The molecule has 1 N–H and O–H groups in total. The van der Waals surface area contributed by atoms with Crippen molar-refractivity contribution in [3.8, 4) is 0 Å². The van der Waals surface area contributed by atoms with Gasteiger partial charge in [0, 0.05) is 35.7 Å². The Kier molecular flexibility index (Phi) is 4.21. The molecule has 0 aromatic heterocycles. The number of benzene rings is 1. The van der Waals surface area contributed by atoms with Gasteiger partial charge in [0.2, 0.25) is 0 Å². The van der Waals surface area contributed by atoms with Crippen molar-refractivity contribution < 1.29 is 0 Å². The Morgan fingerprint density at radius 3 is 2.85 bits per heavy atom. The zero-order chi connectivity index (χ0) is 14.2. The Morgan fingerprint density at radius 1 is 1.40 bits per heavy atom. The first-order chi connectivity index (χ1) is 9.61. The van der Waals surface area contributed by atoms with Crippen LogP contribution in [0.25, 0.3) is 0 Å². The molecule has 2 nitrogen and oxygen atoms in total. The first kappa shape index (κ1) is 14.6. The standard InChI is InChI=1S/C17H25BrN2/c1-3-16-11-20(10-13-5-4-6-15(18)9-13)17(2,12-19-16)14-7-8-14/h4-6,9,14,16,19H,3,7-8,10-12H2,1-2H3. The predicted octanol–water partition coefficient (Wildman–Crippen LogP) is 3.80. The predicted molar refractivity (Wildman–Crippen MR) is 87.8 cm³/mol. The van der Waals surface area contributed by atoms with Crippen LogP contribution in [0.3, 0.4) is 0 Å². The monoisotopic (exact) mass is 336 g/mol. The van der Waals surface area contributed by atoms with E-state index >= 15 is 0 Å². The SMILES string of the molecule is CCC1CN(Cc2cccc(Br)c2)C(C)(C2CC2)CN1.